The quantitative estimate of drug-likeness (QED) is 0.928. The van der Waals surface area contributed by atoms with Gasteiger partial charge in [-0.05, 0) is 48.2 Å². The molecule has 1 N–H and O–H groups in total. The number of halogens is 1. The molecule has 0 bridgehead atoms. The Morgan fingerprint density at radius 2 is 1.88 bits per heavy atom. The van der Waals surface area contributed by atoms with Crippen molar-refractivity contribution in [3.63, 3.8) is 0 Å². The van der Waals surface area contributed by atoms with E-state index in [-0.39, 0.29) is 11.7 Å². The van der Waals surface area contributed by atoms with Gasteiger partial charge in [0, 0.05) is 6.54 Å². The Morgan fingerprint density at radius 3 is 2.60 bits per heavy atom. The standard InChI is InChI=1S/C20H20FNO3/c21-16-4-1-3-15(12-16)20(7-2-8-20)19(23)22-13-14-5-6-17-18(11-14)25-10-9-24-17/h1,3-6,11-12H,2,7-10,13H2,(H,22,23). The molecule has 0 spiro atoms. The summed E-state index contributed by atoms with van der Waals surface area (Å²) in [5.41, 5.74) is 1.11. The smallest absolute Gasteiger partial charge is 0.230 e. The summed E-state index contributed by atoms with van der Waals surface area (Å²) >= 11 is 0. The number of fused-ring (bicyclic) bond motifs is 1. The van der Waals surface area contributed by atoms with Crippen LogP contribution < -0.4 is 14.8 Å². The number of hydrogen-bond acceptors (Lipinski definition) is 3. The van der Waals surface area contributed by atoms with Gasteiger partial charge in [0.25, 0.3) is 0 Å². The molecule has 4 rings (SSSR count). The zero-order valence-electron chi connectivity index (χ0n) is 13.9. The first-order valence-electron chi connectivity index (χ1n) is 8.60. The molecule has 1 fully saturated rings. The maximum absolute atomic E-state index is 13.6. The summed E-state index contributed by atoms with van der Waals surface area (Å²) in [7, 11) is 0. The Balaban J connectivity index is 1.48. The van der Waals surface area contributed by atoms with Crippen LogP contribution in [0.25, 0.3) is 0 Å². The Kier molecular flexibility index (Phi) is 4.07. The molecule has 2 aliphatic rings. The molecule has 0 aromatic heterocycles. The second kappa shape index (κ2) is 6.39. The van der Waals surface area contributed by atoms with E-state index in [0.29, 0.717) is 25.5 Å². The molecule has 4 nitrogen and oxygen atoms in total. The van der Waals surface area contributed by atoms with Crippen molar-refractivity contribution in [2.45, 2.75) is 31.2 Å². The van der Waals surface area contributed by atoms with Crippen LogP contribution in [0.5, 0.6) is 11.5 Å². The highest BCUT2D eigenvalue weighted by Gasteiger charge is 2.45. The summed E-state index contributed by atoms with van der Waals surface area (Å²) in [6, 6.07) is 12.1. The normalized spacial score (nSPS) is 17.5. The average molecular weight is 341 g/mol. The molecule has 1 heterocycles. The van der Waals surface area contributed by atoms with Crippen molar-refractivity contribution in [2.75, 3.05) is 13.2 Å². The van der Waals surface area contributed by atoms with Crippen molar-refractivity contribution in [1.29, 1.82) is 0 Å². The predicted molar refractivity (Wildman–Crippen MR) is 91.2 cm³/mol. The Morgan fingerprint density at radius 1 is 1.08 bits per heavy atom. The van der Waals surface area contributed by atoms with Crippen LogP contribution in [0.1, 0.15) is 30.4 Å². The number of ether oxygens (including phenoxy) is 2. The Bertz CT molecular complexity index is 801. The van der Waals surface area contributed by atoms with Gasteiger partial charge in [-0.25, -0.2) is 4.39 Å². The second-order valence-electron chi connectivity index (χ2n) is 6.61. The third-order valence-corrected chi connectivity index (χ3v) is 5.08. The monoisotopic (exact) mass is 341 g/mol. The minimum atomic E-state index is -0.601. The van der Waals surface area contributed by atoms with E-state index in [0.717, 1.165) is 36.1 Å². The van der Waals surface area contributed by atoms with E-state index in [9.17, 15) is 9.18 Å². The van der Waals surface area contributed by atoms with Crippen LogP contribution in [0.4, 0.5) is 4.39 Å². The molecule has 1 amide bonds. The second-order valence-corrected chi connectivity index (χ2v) is 6.61. The van der Waals surface area contributed by atoms with Crippen LogP contribution in [0.3, 0.4) is 0 Å². The number of nitrogens with one attached hydrogen (secondary N) is 1. The van der Waals surface area contributed by atoms with Gasteiger partial charge in [-0.3, -0.25) is 4.79 Å². The van der Waals surface area contributed by atoms with Crippen molar-refractivity contribution in [2.24, 2.45) is 0 Å². The van der Waals surface area contributed by atoms with E-state index in [1.165, 1.54) is 12.1 Å². The van der Waals surface area contributed by atoms with E-state index < -0.39 is 5.41 Å². The molecular formula is C20H20FNO3. The highest BCUT2D eigenvalue weighted by Crippen LogP contribution is 2.44. The molecule has 2 aromatic rings. The third kappa shape index (κ3) is 2.95. The molecule has 130 valence electrons. The maximum Gasteiger partial charge on any atom is 0.230 e. The molecule has 5 heteroatoms. The number of benzene rings is 2. The molecule has 0 unspecified atom stereocenters. The zero-order valence-corrected chi connectivity index (χ0v) is 13.9. The van der Waals surface area contributed by atoms with Crippen LogP contribution in [0, 0.1) is 5.82 Å². The van der Waals surface area contributed by atoms with Crippen LogP contribution >= 0.6 is 0 Å². The predicted octanol–water partition coefficient (Wildman–Crippen LogP) is 3.34. The van der Waals surface area contributed by atoms with E-state index in [1.807, 2.05) is 24.3 Å². The summed E-state index contributed by atoms with van der Waals surface area (Å²) in [4.78, 5) is 12.8. The SMILES string of the molecule is O=C(NCc1ccc2c(c1)OCCO2)C1(c2cccc(F)c2)CCC1. The van der Waals surface area contributed by atoms with E-state index in [1.54, 1.807) is 6.07 Å². The Hall–Kier alpha value is -2.56. The summed E-state index contributed by atoms with van der Waals surface area (Å²) in [6.45, 7) is 1.50. The fraction of sp³-hybridized carbons (Fsp3) is 0.350. The molecular weight excluding hydrogens is 321 g/mol. The van der Waals surface area contributed by atoms with Gasteiger partial charge in [-0.15, -0.1) is 0 Å². The van der Waals surface area contributed by atoms with E-state index in [2.05, 4.69) is 5.32 Å². The summed E-state index contributed by atoms with van der Waals surface area (Å²) in [5.74, 6) is 1.10. The van der Waals surface area contributed by atoms with Crippen molar-refractivity contribution in [1.82, 2.24) is 5.32 Å². The minimum absolute atomic E-state index is 0.0424. The fourth-order valence-electron chi connectivity index (χ4n) is 3.51. The maximum atomic E-state index is 13.6. The number of carbonyl (C=O) groups excluding carboxylic acids is 1. The number of hydrogen-bond donors (Lipinski definition) is 1. The first kappa shape index (κ1) is 15.9. The van der Waals surface area contributed by atoms with Gasteiger partial charge in [0.15, 0.2) is 11.5 Å². The molecule has 25 heavy (non-hydrogen) atoms. The number of amides is 1. The molecule has 1 aliphatic carbocycles. The van der Waals surface area contributed by atoms with Crippen LogP contribution in [-0.2, 0) is 16.8 Å². The first-order valence-corrected chi connectivity index (χ1v) is 8.60. The molecule has 1 saturated carbocycles. The topological polar surface area (TPSA) is 47.6 Å². The van der Waals surface area contributed by atoms with Crippen LogP contribution in [0.15, 0.2) is 42.5 Å². The fourth-order valence-corrected chi connectivity index (χ4v) is 3.51. The van der Waals surface area contributed by atoms with Gasteiger partial charge < -0.3 is 14.8 Å². The van der Waals surface area contributed by atoms with E-state index in [4.69, 9.17) is 9.47 Å². The van der Waals surface area contributed by atoms with Crippen LogP contribution in [-0.4, -0.2) is 19.1 Å². The highest BCUT2D eigenvalue weighted by atomic mass is 19.1. The highest BCUT2D eigenvalue weighted by molar-refractivity contribution is 5.89. The third-order valence-electron chi connectivity index (χ3n) is 5.08. The lowest BCUT2D eigenvalue weighted by atomic mass is 9.64. The van der Waals surface area contributed by atoms with Crippen LogP contribution in [0.2, 0.25) is 0 Å². The number of carbonyl (C=O) groups is 1. The van der Waals surface area contributed by atoms with Crippen molar-refractivity contribution < 1.29 is 18.7 Å². The zero-order chi connectivity index (χ0) is 17.3. The Labute approximate surface area is 146 Å². The summed E-state index contributed by atoms with van der Waals surface area (Å²) in [5, 5.41) is 3.01. The van der Waals surface area contributed by atoms with Gasteiger partial charge >= 0.3 is 0 Å². The lowest BCUT2D eigenvalue weighted by molar-refractivity contribution is -0.130. The van der Waals surface area contributed by atoms with E-state index >= 15 is 0 Å². The van der Waals surface area contributed by atoms with Crippen molar-refractivity contribution >= 4 is 5.91 Å². The lowest BCUT2D eigenvalue weighted by Crippen LogP contribution is -2.49. The summed E-state index contributed by atoms with van der Waals surface area (Å²) < 4.78 is 24.7. The molecule has 0 radical (unpaired) electrons. The van der Waals surface area contributed by atoms with Gasteiger partial charge in [-0.1, -0.05) is 24.6 Å². The largest absolute Gasteiger partial charge is 0.486 e. The molecule has 0 atom stereocenters. The van der Waals surface area contributed by atoms with Gasteiger partial charge in [0.05, 0.1) is 5.41 Å². The van der Waals surface area contributed by atoms with Crippen molar-refractivity contribution in [3.05, 3.63) is 59.4 Å². The van der Waals surface area contributed by atoms with Gasteiger partial charge in [0.2, 0.25) is 5.91 Å². The molecule has 1 aliphatic heterocycles. The minimum Gasteiger partial charge on any atom is -0.486 e. The number of rotatable bonds is 4. The molecule has 0 saturated heterocycles. The molecule has 2 aromatic carbocycles. The lowest BCUT2D eigenvalue weighted by Gasteiger charge is -2.40. The first-order chi connectivity index (χ1) is 12.2. The summed E-state index contributed by atoms with van der Waals surface area (Å²) in [6.07, 6.45) is 2.49. The van der Waals surface area contributed by atoms with Gasteiger partial charge in [-0.2, -0.15) is 0 Å². The van der Waals surface area contributed by atoms with Gasteiger partial charge in [0.1, 0.15) is 19.0 Å². The van der Waals surface area contributed by atoms with Crippen molar-refractivity contribution in [3.8, 4) is 11.5 Å². The average Bonchev–Trinajstić information content (AvgIpc) is 2.59.